The van der Waals surface area contributed by atoms with Crippen molar-refractivity contribution in [1.82, 2.24) is 30.8 Å². The lowest BCUT2D eigenvalue weighted by Crippen LogP contribution is -2.48. The molecule has 47 heavy (non-hydrogen) atoms. The van der Waals surface area contributed by atoms with Crippen molar-refractivity contribution in [2.45, 2.75) is 42.0 Å². The fraction of sp³-hybridized carbons (Fsp3) is 0.286. The Hall–Kier alpha value is -4.78. The lowest BCUT2D eigenvalue weighted by Gasteiger charge is -2.31. The molecule has 0 saturated carbocycles. The number of fused-ring (bicyclic) bond motifs is 1. The summed E-state index contributed by atoms with van der Waals surface area (Å²) in [5, 5.41) is 18.2. The first-order valence-corrected chi connectivity index (χ1v) is 16.5. The molecule has 1 fully saturated rings. The van der Waals surface area contributed by atoms with Crippen molar-refractivity contribution < 1.29 is 19.1 Å². The van der Waals surface area contributed by atoms with E-state index in [1.54, 1.807) is 24.3 Å². The van der Waals surface area contributed by atoms with Gasteiger partial charge in [0.05, 0.1) is 30.9 Å². The number of thioether (sulfide) groups is 1. The maximum atomic E-state index is 14.1. The average molecular weight is 652 g/mol. The Morgan fingerprint density at radius 1 is 0.957 bits per heavy atom. The van der Waals surface area contributed by atoms with Gasteiger partial charge in [-0.3, -0.25) is 9.89 Å². The van der Waals surface area contributed by atoms with Crippen LogP contribution in [0.3, 0.4) is 0 Å². The second kappa shape index (κ2) is 15.7. The minimum Gasteiger partial charge on any atom is -0.453 e. The average Bonchev–Trinajstić information content (AvgIpc) is 3.61. The number of para-hydroxylation sites is 1. The van der Waals surface area contributed by atoms with E-state index in [1.807, 2.05) is 84.9 Å². The van der Waals surface area contributed by atoms with E-state index in [0.29, 0.717) is 12.1 Å². The summed E-state index contributed by atoms with van der Waals surface area (Å²) in [6, 6.07) is 26.2. The summed E-state index contributed by atoms with van der Waals surface area (Å²) >= 11 is 1.63. The number of hydrogen-bond donors (Lipinski definition) is 4. The number of nitrogens with zero attached hydrogens (tertiary/aromatic N) is 3. The quantitative estimate of drug-likeness (QED) is 0.109. The number of morpholine rings is 1. The van der Waals surface area contributed by atoms with Gasteiger partial charge in [0.1, 0.15) is 17.4 Å². The standard InChI is InChI=1S/C35H37N7O4S/c1-45-35(44)41-31(30(24-11-4-2-5-12-24)25-13-6-3-7-14-25)33(43)40-29-15-9-8-10-23(29)16-17-26-18-36-19-27(46-26)21-47-34-28-20-39-42-32(28)37-22-38-34/h2-15,20,22,26-27,30-31,36H,16-19,21H2,1H3,(H,40,43)(H,41,44)(H,37,38,39,42)/t26-,27+,31?/m1/s1. The van der Waals surface area contributed by atoms with Gasteiger partial charge in [-0.05, 0) is 35.6 Å². The number of aromatic amines is 1. The highest BCUT2D eigenvalue weighted by Crippen LogP contribution is 2.30. The van der Waals surface area contributed by atoms with Crippen molar-refractivity contribution in [1.29, 1.82) is 0 Å². The number of carbonyl (C=O) groups excluding carboxylic acids is 2. The van der Waals surface area contributed by atoms with Crippen molar-refractivity contribution in [2.24, 2.45) is 0 Å². The Bertz CT molecular complexity index is 1730. The highest BCUT2D eigenvalue weighted by Gasteiger charge is 2.33. The number of amides is 2. The summed E-state index contributed by atoms with van der Waals surface area (Å²) in [5.41, 5.74) is 4.19. The second-order valence-corrected chi connectivity index (χ2v) is 12.3. The number of aromatic nitrogens is 4. The van der Waals surface area contributed by atoms with Crippen LogP contribution in [0.5, 0.6) is 0 Å². The molecule has 1 aliphatic rings. The number of carbonyl (C=O) groups is 2. The molecule has 1 unspecified atom stereocenters. The number of alkyl carbamates (subject to hydrolysis) is 1. The number of benzene rings is 3. The summed E-state index contributed by atoms with van der Waals surface area (Å²) in [6.45, 7) is 1.50. The molecule has 2 amide bonds. The highest BCUT2D eigenvalue weighted by atomic mass is 32.2. The molecule has 1 aliphatic heterocycles. The van der Waals surface area contributed by atoms with E-state index in [2.05, 4.69) is 36.1 Å². The summed E-state index contributed by atoms with van der Waals surface area (Å²) in [7, 11) is 1.29. The van der Waals surface area contributed by atoms with Crippen LogP contribution in [0.15, 0.2) is 102 Å². The molecule has 3 aromatic carbocycles. The first kappa shape index (κ1) is 32.2. The van der Waals surface area contributed by atoms with Gasteiger partial charge in [-0.2, -0.15) is 5.10 Å². The van der Waals surface area contributed by atoms with E-state index < -0.39 is 18.1 Å². The third kappa shape index (κ3) is 8.15. The Labute approximate surface area is 277 Å². The van der Waals surface area contributed by atoms with Crippen LogP contribution in [0.4, 0.5) is 10.5 Å². The molecule has 0 aliphatic carbocycles. The molecule has 3 atom stereocenters. The highest BCUT2D eigenvalue weighted by molar-refractivity contribution is 7.99. The molecule has 6 rings (SSSR count). The van der Waals surface area contributed by atoms with Gasteiger partial charge >= 0.3 is 6.09 Å². The predicted molar refractivity (Wildman–Crippen MR) is 181 cm³/mol. The largest absolute Gasteiger partial charge is 0.453 e. The molecule has 12 heteroatoms. The zero-order chi connectivity index (χ0) is 32.4. The molecule has 4 N–H and O–H groups in total. The van der Waals surface area contributed by atoms with Crippen LogP contribution in [0.1, 0.15) is 29.0 Å². The number of H-pyrrole nitrogens is 1. The third-order valence-corrected chi connectivity index (χ3v) is 9.29. The zero-order valence-electron chi connectivity index (χ0n) is 26.0. The van der Waals surface area contributed by atoms with E-state index in [-0.39, 0.29) is 18.1 Å². The maximum absolute atomic E-state index is 14.1. The van der Waals surface area contributed by atoms with Gasteiger partial charge in [-0.1, -0.05) is 78.9 Å². The topological polar surface area (TPSA) is 143 Å². The van der Waals surface area contributed by atoms with Crippen LogP contribution in [0, 0.1) is 0 Å². The Morgan fingerprint density at radius 3 is 2.40 bits per heavy atom. The summed E-state index contributed by atoms with van der Waals surface area (Å²) in [6.07, 6.45) is 4.09. The fourth-order valence-electron chi connectivity index (χ4n) is 5.84. The van der Waals surface area contributed by atoms with Crippen molar-refractivity contribution >= 4 is 40.5 Å². The lowest BCUT2D eigenvalue weighted by molar-refractivity contribution is -0.118. The van der Waals surface area contributed by atoms with Crippen LogP contribution in [-0.2, 0) is 20.7 Å². The molecular weight excluding hydrogens is 614 g/mol. The van der Waals surface area contributed by atoms with E-state index in [4.69, 9.17) is 9.47 Å². The summed E-state index contributed by atoms with van der Waals surface area (Å²) < 4.78 is 11.4. The van der Waals surface area contributed by atoms with E-state index >= 15 is 0 Å². The number of methoxy groups -OCH3 is 1. The molecular formula is C35H37N7O4S. The van der Waals surface area contributed by atoms with Gasteiger partial charge in [-0.25, -0.2) is 14.8 Å². The lowest BCUT2D eigenvalue weighted by atomic mass is 9.84. The van der Waals surface area contributed by atoms with Gasteiger partial charge in [0.15, 0.2) is 5.65 Å². The Kier molecular flexibility index (Phi) is 10.7. The van der Waals surface area contributed by atoms with Crippen molar-refractivity contribution in [3.63, 3.8) is 0 Å². The van der Waals surface area contributed by atoms with E-state index in [1.165, 1.54) is 7.11 Å². The van der Waals surface area contributed by atoms with Crippen LogP contribution in [0.25, 0.3) is 11.0 Å². The molecule has 5 aromatic rings. The van der Waals surface area contributed by atoms with E-state index in [0.717, 1.165) is 58.0 Å². The van der Waals surface area contributed by atoms with Gasteiger partial charge in [0.2, 0.25) is 5.91 Å². The smallest absolute Gasteiger partial charge is 0.407 e. The fourth-order valence-corrected chi connectivity index (χ4v) is 6.81. The predicted octanol–water partition coefficient (Wildman–Crippen LogP) is 4.93. The van der Waals surface area contributed by atoms with E-state index in [9.17, 15) is 9.59 Å². The molecule has 1 saturated heterocycles. The third-order valence-electron chi connectivity index (χ3n) is 8.15. The molecule has 0 radical (unpaired) electrons. The number of anilines is 1. The minimum absolute atomic E-state index is 0.00623. The van der Waals surface area contributed by atoms with Crippen LogP contribution >= 0.6 is 11.8 Å². The SMILES string of the molecule is COC(=O)NC(C(=O)Nc1ccccc1CC[C@@H]1CNC[C@@H](CSc2ncnc3[nH]ncc23)O1)C(c1ccccc1)c1ccccc1. The second-order valence-electron chi connectivity index (χ2n) is 11.3. The number of ether oxygens (including phenoxy) is 2. The molecule has 2 aromatic heterocycles. The Balaban J connectivity index is 1.13. The normalized spacial score (nSPS) is 16.9. The van der Waals surface area contributed by atoms with Crippen LogP contribution in [-0.4, -0.2) is 76.4 Å². The van der Waals surface area contributed by atoms with Crippen molar-refractivity contribution in [3.8, 4) is 0 Å². The van der Waals surface area contributed by atoms with Gasteiger partial charge in [0.25, 0.3) is 0 Å². The maximum Gasteiger partial charge on any atom is 0.407 e. The monoisotopic (exact) mass is 651 g/mol. The first-order valence-electron chi connectivity index (χ1n) is 15.5. The van der Waals surface area contributed by atoms with Gasteiger partial charge in [-0.15, -0.1) is 11.8 Å². The number of nitrogens with one attached hydrogen (secondary N) is 4. The van der Waals surface area contributed by atoms with Gasteiger partial charge < -0.3 is 25.4 Å². The molecule has 3 heterocycles. The number of hydrogen-bond acceptors (Lipinski definition) is 9. The van der Waals surface area contributed by atoms with Gasteiger partial charge in [0, 0.05) is 30.4 Å². The summed E-state index contributed by atoms with van der Waals surface area (Å²) in [4.78, 5) is 35.3. The van der Waals surface area contributed by atoms with Crippen molar-refractivity contribution in [2.75, 3.05) is 31.3 Å². The zero-order valence-corrected chi connectivity index (χ0v) is 26.8. The number of aryl methyl sites for hydroxylation is 1. The van der Waals surface area contributed by atoms with Crippen LogP contribution < -0.4 is 16.0 Å². The molecule has 0 spiro atoms. The summed E-state index contributed by atoms with van der Waals surface area (Å²) in [5.74, 6) is -0.0525. The minimum atomic E-state index is -0.942. The van der Waals surface area contributed by atoms with Crippen molar-refractivity contribution in [3.05, 3.63) is 114 Å². The molecule has 0 bridgehead atoms. The molecule has 11 nitrogen and oxygen atoms in total. The first-order chi connectivity index (χ1) is 23.1. The molecule has 242 valence electrons. The number of rotatable bonds is 12. The Morgan fingerprint density at radius 2 is 1.66 bits per heavy atom. The van der Waals surface area contributed by atoms with Crippen LogP contribution in [0.2, 0.25) is 0 Å².